The first kappa shape index (κ1) is 17.1. The van der Waals surface area contributed by atoms with Crippen LogP contribution in [0.1, 0.15) is 52.9 Å². The van der Waals surface area contributed by atoms with Crippen LogP contribution in [0, 0.1) is 17.3 Å². The van der Waals surface area contributed by atoms with Gasteiger partial charge < -0.3 is 4.74 Å². The Kier molecular flexibility index (Phi) is 4.98. The largest absolute Gasteiger partial charge is 0.449 e. The summed E-state index contributed by atoms with van der Waals surface area (Å²) in [6.45, 7) is 7.55. The lowest BCUT2D eigenvalue weighted by Gasteiger charge is -2.42. The lowest BCUT2D eigenvalue weighted by atomic mass is 9.63. The monoisotopic (exact) mass is 327 g/mol. The molecule has 0 aliphatic heterocycles. The zero-order valence-electron chi connectivity index (χ0n) is 15.1. The average Bonchev–Trinajstić information content (AvgIpc) is 2.54. The quantitative estimate of drug-likeness (QED) is 0.714. The summed E-state index contributed by atoms with van der Waals surface area (Å²) in [6.07, 6.45) is 5.78. The van der Waals surface area contributed by atoms with Crippen molar-refractivity contribution >= 4 is 11.8 Å². The number of rotatable bonds is 3. The van der Waals surface area contributed by atoms with Crippen LogP contribution in [-0.4, -0.2) is 12.7 Å². The van der Waals surface area contributed by atoms with Gasteiger partial charge in [-0.25, -0.2) is 4.79 Å². The van der Waals surface area contributed by atoms with E-state index in [4.69, 9.17) is 4.74 Å². The van der Waals surface area contributed by atoms with Crippen molar-refractivity contribution in [2.24, 2.45) is 17.3 Å². The molecule has 0 aromatic heterocycles. The summed E-state index contributed by atoms with van der Waals surface area (Å²) in [5.41, 5.74) is 4.42. The Labute approximate surface area is 145 Å². The van der Waals surface area contributed by atoms with Crippen LogP contribution in [0.25, 0.3) is 0 Å². The SMILES string of the molecule is C[C@@H]1CC2=C(C[C@@H]1COC(=O)Nc1ccccc1)C(C)(C)CCC2. The second-order valence-electron chi connectivity index (χ2n) is 8.05. The Morgan fingerprint density at radius 1 is 1.25 bits per heavy atom. The fourth-order valence-corrected chi connectivity index (χ4v) is 4.27. The summed E-state index contributed by atoms with van der Waals surface area (Å²) < 4.78 is 5.53. The van der Waals surface area contributed by atoms with Gasteiger partial charge in [0.15, 0.2) is 0 Å². The highest BCUT2D eigenvalue weighted by Crippen LogP contribution is 2.49. The summed E-state index contributed by atoms with van der Waals surface area (Å²) in [6, 6.07) is 9.46. The number of hydrogen-bond donors (Lipinski definition) is 1. The van der Waals surface area contributed by atoms with Crippen LogP contribution in [0.5, 0.6) is 0 Å². The minimum absolute atomic E-state index is 0.318. The number of benzene rings is 1. The van der Waals surface area contributed by atoms with Gasteiger partial charge in [0, 0.05) is 5.69 Å². The molecule has 0 fully saturated rings. The molecule has 24 heavy (non-hydrogen) atoms. The molecular weight excluding hydrogens is 298 g/mol. The summed E-state index contributed by atoms with van der Waals surface area (Å²) in [7, 11) is 0. The van der Waals surface area contributed by atoms with Gasteiger partial charge in [-0.1, -0.05) is 50.1 Å². The number of ether oxygens (including phenoxy) is 1. The van der Waals surface area contributed by atoms with Gasteiger partial charge in [-0.3, -0.25) is 5.32 Å². The normalized spacial score (nSPS) is 25.8. The predicted octanol–water partition coefficient (Wildman–Crippen LogP) is 5.79. The van der Waals surface area contributed by atoms with Gasteiger partial charge in [0.25, 0.3) is 0 Å². The van der Waals surface area contributed by atoms with E-state index in [2.05, 4.69) is 26.1 Å². The van der Waals surface area contributed by atoms with Crippen molar-refractivity contribution < 1.29 is 9.53 Å². The van der Waals surface area contributed by atoms with Gasteiger partial charge in [0.2, 0.25) is 0 Å². The zero-order chi connectivity index (χ0) is 17.2. The van der Waals surface area contributed by atoms with E-state index in [1.807, 2.05) is 30.3 Å². The second kappa shape index (κ2) is 7.00. The summed E-state index contributed by atoms with van der Waals surface area (Å²) in [4.78, 5) is 12.0. The molecule has 3 heteroatoms. The highest BCUT2D eigenvalue weighted by Gasteiger charge is 2.36. The maximum atomic E-state index is 12.0. The molecule has 2 atom stereocenters. The van der Waals surface area contributed by atoms with Gasteiger partial charge in [-0.15, -0.1) is 0 Å². The molecule has 1 aromatic carbocycles. The molecule has 3 rings (SSSR count). The standard InChI is InChI=1S/C21H29NO2/c1-15-12-16-8-7-11-21(2,3)19(16)13-17(15)14-24-20(23)22-18-9-5-4-6-10-18/h4-6,9-10,15,17H,7-8,11-14H2,1-3H3,(H,22,23)/t15-,17-/m1/s1. The lowest BCUT2D eigenvalue weighted by Crippen LogP contribution is -2.32. The number of amides is 1. The molecule has 0 heterocycles. The lowest BCUT2D eigenvalue weighted by molar-refractivity contribution is 0.115. The Morgan fingerprint density at radius 3 is 2.75 bits per heavy atom. The highest BCUT2D eigenvalue weighted by atomic mass is 16.5. The summed E-state index contributed by atoms with van der Waals surface area (Å²) in [5, 5.41) is 2.80. The third-order valence-electron chi connectivity index (χ3n) is 5.81. The van der Waals surface area contributed by atoms with E-state index in [0.717, 1.165) is 12.1 Å². The van der Waals surface area contributed by atoms with E-state index >= 15 is 0 Å². The van der Waals surface area contributed by atoms with Crippen LogP contribution >= 0.6 is 0 Å². The van der Waals surface area contributed by atoms with Crippen molar-refractivity contribution in [2.45, 2.75) is 52.9 Å². The molecule has 1 aromatic rings. The molecule has 0 radical (unpaired) electrons. The van der Waals surface area contributed by atoms with Crippen LogP contribution in [0.3, 0.4) is 0 Å². The molecule has 3 nitrogen and oxygen atoms in total. The maximum Gasteiger partial charge on any atom is 0.411 e. The zero-order valence-corrected chi connectivity index (χ0v) is 15.1. The predicted molar refractivity (Wildman–Crippen MR) is 98.0 cm³/mol. The molecule has 1 N–H and O–H groups in total. The topological polar surface area (TPSA) is 38.3 Å². The summed E-state index contributed by atoms with van der Waals surface area (Å²) >= 11 is 0. The van der Waals surface area contributed by atoms with Crippen molar-refractivity contribution in [3.63, 3.8) is 0 Å². The molecule has 0 saturated carbocycles. The third kappa shape index (κ3) is 3.82. The average molecular weight is 327 g/mol. The van der Waals surface area contributed by atoms with Crippen molar-refractivity contribution in [3.05, 3.63) is 41.5 Å². The van der Waals surface area contributed by atoms with E-state index in [-0.39, 0.29) is 6.09 Å². The van der Waals surface area contributed by atoms with Crippen LogP contribution in [0.4, 0.5) is 10.5 Å². The van der Waals surface area contributed by atoms with Gasteiger partial charge in [-0.2, -0.15) is 0 Å². The van der Waals surface area contributed by atoms with Gasteiger partial charge in [0.05, 0.1) is 6.61 Å². The number of carbonyl (C=O) groups excluding carboxylic acids is 1. The number of carbonyl (C=O) groups is 1. The van der Waals surface area contributed by atoms with Crippen LogP contribution < -0.4 is 5.32 Å². The Balaban J connectivity index is 1.58. The second-order valence-corrected chi connectivity index (χ2v) is 8.05. The van der Waals surface area contributed by atoms with E-state index < -0.39 is 0 Å². The molecule has 0 saturated heterocycles. The highest BCUT2D eigenvalue weighted by molar-refractivity contribution is 5.84. The molecule has 0 bridgehead atoms. The van der Waals surface area contributed by atoms with Crippen molar-refractivity contribution in [1.29, 1.82) is 0 Å². The molecular formula is C21H29NO2. The minimum Gasteiger partial charge on any atom is -0.449 e. The molecule has 0 unspecified atom stereocenters. The fourth-order valence-electron chi connectivity index (χ4n) is 4.27. The van der Waals surface area contributed by atoms with Gasteiger partial charge in [-0.05, 0) is 61.5 Å². The van der Waals surface area contributed by atoms with Crippen molar-refractivity contribution in [1.82, 2.24) is 0 Å². The maximum absolute atomic E-state index is 12.0. The first-order valence-corrected chi connectivity index (χ1v) is 9.16. The smallest absolute Gasteiger partial charge is 0.411 e. The van der Waals surface area contributed by atoms with Crippen LogP contribution in [0.15, 0.2) is 41.5 Å². The van der Waals surface area contributed by atoms with Crippen LogP contribution in [-0.2, 0) is 4.74 Å². The third-order valence-corrected chi connectivity index (χ3v) is 5.81. The Bertz CT molecular complexity index is 618. The summed E-state index contributed by atoms with van der Waals surface area (Å²) in [5.74, 6) is 1.02. The van der Waals surface area contributed by atoms with Crippen molar-refractivity contribution in [3.8, 4) is 0 Å². The first-order valence-electron chi connectivity index (χ1n) is 9.16. The van der Waals surface area contributed by atoms with E-state index in [1.165, 1.54) is 25.7 Å². The van der Waals surface area contributed by atoms with E-state index in [9.17, 15) is 4.79 Å². The fraction of sp³-hybridized carbons (Fsp3) is 0.571. The molecule has 0 spiro atoms. The number of para-hydroxylation sites is 1. The van der Waals surface area contributed by atoms with E-state index in [1.54, 1.807) is 11.1 Å². The number of allylic oxidation sites excluding steroid dienone is 2. The van der Waals surface area contributed by atoms with E-state index in [0.29, 0.717) is 23.9 Å². The van der Waals surface area contributed by atoms with Gasteiger partial charge >= 0.3 is 6.09 Å². The number of hydrogen-bond acceptors (Lipinski definition) is 2. The first-order chi connectivity index (χ1) is 11.5. The molecule has 2 aliphatic rings. The molecule has 1 amide bonds. The Hall–Kier alpha value is -1.77. The number of anilines is 1. The Morgan fingerprint density at radius 2 is 2.00 bits per heavy atom. The minimum atomic E-state index is -0.351. The molecule has 2 aliphatic carbocycles. The van der Waals surface area contributed by atoms with Crippen LogP contribution in [0.2, 0.25) is 0 Å². The van der Waals surface area contributed by atoms with Crippen molar-refractivity contribution in [2.75, 3.05) is 11.9 Å². The number of nitrogens with one attached hydrogen (secondary N) is 1. The van der Waals surface area contributed by atoms with Gasteiger partial charge in [0.1, 0.15) is 0 Å². The molecule has 130 valence electrons.